The molecule has 3 nitrogen and oxygen atoms in total. The Morgan fingerprint density at radius 1 is 0.812 bits per heavy atom. The number of nitrogens with zero attached hydrogens (tertiary/aromatic N) is 1. The maximum atomic E-state index is 6.56. The summed E-state index contributed by atoms with van der Waals surface area (Å²) < 4.78 is 8.49. The van der Waals surface area contributed by atoms with Gasteiger partial charge < -0.3 is 4.74 Å². The number of benzene rings is 3. The fraction of sp³-hybridized carbons (Fsp3) is 0.276. The fourth-order valence-electron chi connectivity index (χ4n) is 5.79. The molecule has 1 aromatic heterocycles. The first-order valence-electron chi connectivity index (χ1n) is 11.5. The Morgan fingerprint density at radius 2 is 1.56 bits per heavy atom. The highest BCUT2D eigenvalue weighted by Crippen LogP contribution is 2.56. The number of hydrogen-bond acceptors (Lipinski definition) is 2. The minimum Gasteiger partial charge on any atom is -0.490 e. The molecule has 4 aromatic rings. The van der Waals surface area contributed by atoms with E-state index in [1.54, 1.807) is 0 Å². The van der Waals surface area contributed by atoms with Crippen LogP contribution in [0.3, 0.4) is 0 Å². The van der Waals surface area contributed by atoms with E-state index in [-0.39, 0.29) is 17.6 Å². The predicted octanol–water partition coefficient (Wildman–Crippen LogP) is 6.09. The van der Waals surface area contributed by atoms with Gasteiger partial charge in [0.15, 0.2) is 6.10 Å². The van der Waals surface area contributed by atoms with Gasteiger partial charge in [0, 0.05) is 28.7 Å². The molecule has 0 N–H and O–H groups in total. The van der Waals surface area contributed by atoms with E-state index in [0.29, 0.717) is 0 Å². The monoisotopic (exact) mass is 422 g/mol. The minimum atomic E-state index is -0.184. The molecule has 3 heteroatoms. The van der Waals surface area contributed by atoms with E-state index in [0.717, 1.165) is 23.4 Å². The molecule has 2 atom stereocenters. The van der Waals surface area contributed by atoms with Gasteiger partial charge in [-0.05, 0) is 59.0 Å². The van der Waals surface area contributed by atoms with E-state index in [4.69, 9.17) is 9.57 Å². The maximum Gasteiger partial charge on any atom is 0.268 e. The lowest BCUT2D eigenvalue weighted by Crippen LogP contribution is -2.48. The molecule has 1 aliphatic heterocycles. The molecular weight excluding hydrogens is 394 g/mol. The third kappa shape index (κ3) is 2.70. The molecule has 2 unspecified atom stereocenters. The highest BCUT2D eigenvalue weighted by atomic mass is 16.7. The minimum absolute atomic E-state index is 0.0488. The lowest BCUT2D eigenvalue weighted by atomic mass is 9.77. The van der Waals surface area contributed by atoms with Crippen molar-refractivity contribution in [2.24, 2.45) is 0 Å². The Balaban J connectivity index is 1.70. The van der Waals surface area contributed by atoms with Gasteiger partial charge in [-0.3, -0.25) is 4.84 Å². The van der Waals surface area contributed by atoms with E-state index in [1.807, 2.05) is 17.0 Å². The maximum absolute atomic E-state index is 6.56. The van der Waals surface area contributed by atoms with Crippen LogP contribution in [0.25, 0.3) is 33.2 Å². The number of pyridine rings is 1. The average Bonchev–Trinajstić information content (AvgIpc) is 3.03. The number of fused-ring (bicyclic) bond motifs is 9. The van der Waals surface area contributed by atoms with Crippen molar-refractivity contribution in [3.8, 4) is 28.1 Å². The van der Waals surface area contributed by atoms with Gasteiger partial charge in [-0.1, -0.05) is 56.3 Å². The molecular formula is C29H28NO2+. The molecule has 0 amide bonds. The highest BCUT2D eigenvalue weighted by molar-refractivity contribution is 5.99. The second-order valence-corrected chi connectivity index (χ2v) is 9.69. The van der Waals surface area contributed by atoms with Crippen molar-refractivity contribution in [1.29, 1.82) is 0 Å². The van der Waals surface area contributed by atoms with Crippen LogP contribution in [0.2, 0.25) is 0 Å². The molecule has 6 rings (SSSR count). The number of aromatic nitrogens is 1. The quantitative estimate of drug-likeness (QED) is 0.320. The first kappa shape index (κ1) is 19.4. The van der Waals surface area contributed by atoms with Crippen LogP contribution in [-0.2, 0) is 5.41 Å². The van der Waals surface area contributed by atoms with E-state index in [1.165, 1.54) is 33.0 Å². The third-order valence-electron chi connectivity index (χ3n) is 7.00. The summed E-state index contributed by atoms with van der Waals surface area (Å²) >= 11 is 0. The standard InChI is InChI=1S/C29H28NO2/c1-18-17-19(2)32-30-16-8-7-11-24(30)26-25(31-18)15-14-23-22-13-12-20-9-5-6-10-21(20)27(22)29(3,4)28(23)26/h5-16,18-19H,17H2,1-4H3/q+1. The van der Waals surface area contributed by atoms with Gasteiger partial charge >= 0.3 is 0 Å². The second-order valence-electron chi connectivity index (χ2n) is 9.69. The molecule has 0 radical (unpaired) electrons. The Kier molecular flexibility index (Phi) is 4.13. The van der Waals surface area contributed by atoms with E-state index < -0.39 is 0 Å². The molecule has 3 aromatic carbocycles. The molecule has 2 heterocycles. The molecule has 1 aliphatic carbocycles. The smallest absolute Gasteiger partial charge is 0.268 e. The van der Waals surface area contributed by atoms with Crippen LogP contribution >= 0.6 is 0 Å². The number of ether oxygens (including phenoxy) is 1. The normalized spacial score (nSPS) is 20.5. The predicted molar refractivity (Wildman–Crippen MR) is 128 cm³/mol. The Morgan fingerprint density at radius 3 is 2.44 bits per heavy atom. The van der Waals surface area contributed by atoms with Crippen molar-refractivity contribution in [2.45, 2.75) is 51.7 Å². The molecule has 0 bridgehead atoms. The number of rotatable bonds is 0. The zero-order chi connectivity index (χ0) is 22.0. The van der Waals surface area contributed by atoms with Gasteiger partial charge in [-0.2, -0.15) is 0 Å². The molecule has 160 valence electrons. The van der Waals surface area contributed by atoms with Crippen molar-refractivity contribution in [2.75, 3.05) is 0 Å². The molecule has 32 heavy (non-hydrogen) atoms. The summed E-state index contributed by atoms with van der Waals surface area (Å²) in [6.45, 7) is 8.93. The fourth-order valence-corrected chi connectivity index (χ4v) is 5.79. The van der Waals surface area contributed by atoms with Gasteiger partial charge in [0.2, 0.25) is 6.20 Å². The lowest BCUT2D eigenvalue weighted by molar-refractivity contribution is -0.890. The molecule has 0 saturated heterocycles. The zero-order valence-corrected chi connectivity index (χ0v) is 19.1. The third-order valence-corrected chi connectivity index (χ3v) is 7.00. The van der Waals surface area contributed by atoms with Crippen molar-refractivity contribution in [3.63, 3.8) is 0 Å². The summed E-state index contributed by atoms with van der Waals surface area (Å²) in [5.74, 6) is 0.930. The summed E-state index contributed by atoms with van der Waals surface area (Å²) in [5.41, 5.74) is 7.29. The largest absolute Gasteiger partial charge is 0.490 e. The van der Waals surface area contributed by atoms with Crippen LogP contribution in [-0.4, -0.2) is 12.2 Å². The summed E-state index contributed by atoms with van der Waals surface area (Å²) in [6.07, 6.45) is 2.94. The lowest BCUT2D eigenvalue weighted by Gasteiger charge is -2.26. The van der Waals surface area contributed by atoms with Crippen molar-refractivity contribution >= 4 is 10.8 Å². The average molecular weight is 423 g/mol. The van der Waals surface area contributed by atoms with Crippen molar-refractivity contribution < 1.29 is 14.3 Å². The zero-order valence-electron chi connectivity index (χ0n) is 19.1. The van der Waals surface area contributed by atoms with Crippen molar-refractivity contribution in [3.05, 3.63) is 84.1 Å². The Labute approximate surface area is 189 Å². The van der Waals surface area contributed by atoms with Crippen LogP contribution < -0.4 is 14.3 Å². The Hall–Kier alpha value is -3.33. The number of hydrogen-bond donors (Lipinski definition) is 0. The summed E-state index contributed by atoms with van der Waals surface area (Å²) in [7, 11) is 0. The highest BCUT2D eigenvalue weighted by Gasteiger charge is 2.42. The van der Waals surface area contributed by atoms with Crippen LogP contribution in [0.4, 0.5) is 0 Å². The SMILES string of the molecule is CC1CC(C)O[n+]2ccccc2-c2c(ccc3c2C(C)(C)c2c-3ccc3ccccc23)O1. The molecule has 0 fully saturated rings. The van der Waals surface area contributed by atoms with E-state index in [2.05, 4.69) is 88.4 Å². The molecule has 0 spiro atoms. The second kappa shape index (κ2) is 6.83. The summed E-state index contributed by atoms with van der Waals surface area (Å²) in [5, 5.41) is 2.60. The topological polar surface area (TPSA) is 22.3 Å². The van der Waals surface area contributed by atoms with Crippen molar-refractivity contribution in [1.82, 2.24) is 0 Å². The molecule has 2 aliphatic rings. The summed E-state index contributed by atoms with van der Waals surface area (Å²) in [4.78, 5) is 6.36. The van der Waals surface area contributed by atoms with Gasteiger partial charge in [-0.25, -0.2) is 0 Å². The van der Waals surface area contributed by atoms with Gasteiger partial charge in [-0.15, -0.1) is 0 Å². The van der Waals surface area contributed by atoms with Crippen LogP contribution in [0.1, 0.15) is 45.2 Å². The first-order chi connectivity index (χ1) is 15.4. The van der Waals surface area contributed by atoms with Gasteiger partial charge in [0.1, 0.15) is 5.75 Å². The summed E-state index contributed by atoms with van der Waals surface area (Å²) in [6, 6.07) is 23.9. The van der Waals surface area contributed by atoms with Crippen LogP contribution in [0, 0.1) is 0 Å². The Bertz CT molecular complexity index is 1370. The van der Waals surface area contributed by atoms with E-state index >= 15 is 0 Å². The van der Waals surface area contributed by atoms with Crippen LogP contribution in [0.15, 0.2) is 72.9 Å². The van der Waals surface area contributed by atoms with E-state index in [9.17, 15) is 0 Å². The van der Waals surface area contributed by atoms with Gasteiger partial charge in [0.05, 0.1) is 11.7 Å². The van der Waals surface area contributed by atoms with Gasteiger partial charge in [0.25, 0.3) is 5.69 Å². The first-order valence-corrected chi connectivity index (χ1v) is 11.5. The molecule has 0 saturated carbocycles. The van der Waals surface area contributed by atoms with Crippen LogP contribution in [0.5, 0.6) is 5.75 Å².